The Morgan fingerprint density at radius 2 is 0.868 bits per heavy atom. The van der Waals surface area contributed by atoms with Crippen LogP contribution in [0.1, 0.15) is 0 Å². The zero-order valence-electron chi connectivity index (χ0n) is 28.6. The van der Waals surface area contributed by atoms with Crippen molar-refractivity contribution < 1.29 is 0 Å². The summed E-state index contributed by atoms with van der Waals surface area (Å²) in [6.45, 7) is 0. The zero-order valence-corrected chi connectivity index (χ0v) is 29.5. The van der Waals surface area contributed by atoms with Gasteiger partial charge in [0, 0.05) is 53.4 Å². The summed E-state index contributed by atoms with van der Waals surface area (Å²) in [5, 5.41) is 3.65. The summed E-state index contributed by atoms with van der Waals surface area (Å²) in [5.74, 6) is 0.702. The van der Waals surface area contributed by atoms with Crippen molar-refractivity contribution >= 4 is 42.4 Å². The van der Waals surface area contributed by atoms with E-state index in [1.54, 1.807) is 0 Å². The van der Waals surface area contributed by atoms with Crippen molar-refractivity contribution in [2.24, 2.45) is 0 Å². The van der Waals surface area contributed by atoms with Gasteiger partial charge in [-0.05, 0) is 28.8 Å². The molecule has 3 heterocycles. The molecule has 0 bridgehead atoms. The average molecular weight is 694 g/mol. The molecule has 0 fully saturated rings. The number of aromatic nitrogens is 3. The van der Waals surface area contributed by atoms with Crippen molar-refractivity contribution in [1.29, 1.82) is 0 Å². The van der Waals surface area contributed by atoms with Crippen molar-refractivity contribution in [3.05, 3.63) is 188 Å². The maximum absolute atomic E-state index is 5.45. The second-order valence-corrected chi connectivity index (χ2v) is 14.2. The second-order valence-electron chi connectivity index (χ2n) is 13.2. The van der Waals surface area contributed by atoms with Crippen LogP contribution in [-0.2, 0) is 0 Å². The van der Waals surface area contributed by atoms with Crippen LogP contribution in [0.2, 0.25) is 0 Å². The lowest BCUT2D eigenvalue weighted by atomic mass is 9.97. The summed E-state index contributed by atoms with van der Waals surface area (Å²) >= 11 is 1.85. The zero-order chi connectivity index (χ0) is 35.1. The summed E-state index contributed by atoms with van der Waals surface area (Å²) in [6.07, 6.45) is 0. The highest BCUT2D eigenvalue weighted by molar-refractivity contribution is 7.26. The topological polar surface area (TPSA) is 38.7 Å². The third-order valence-electron chi connectivity index (χ3n) is 9.92. The molecule has 7 aromatic carbocycles. The minimum Gasteiger partial charge on any atom is -0.246 e. The number of rotatable bonds is 6. The molecule has 0 amide bonds. The van der Waals surface area contributed by atoms with E-state index in [1.165, 1.54) is 36.7 Å². The second kappa shape index (κ2) is 13.1. The first kappa shape index (κ1) is 31.0. The van der Waals surface area contributed by atoms with Crippen LogP contribution in [-0.4, -0.2) is 15.0 Å². The fourth-order valence-electron chi connectivity index (χ4n) is 7.27. The molecule has 0 atom stereocenters. The Balaban J connectivity index is 1.08. The third-order valence-corrected chi connectivity index (χ3v) is 11.1. The summed E-state index contributed by atoms with van der Waals surface area (Å²) in [6, 6.07) is 65.9. The van der Waals surface area contributed by atoms with Gasteiger partial charge >= 0.3 is 0 Å². The number of nitrogens with zero attached hydrogens (tertiary/aromatic N) is 3. The highest BCUT2D eigenvalue weighted by Crippen LogP contribution is 2.44. The standard InChI is InChI=1S/C49H31N3S/c1-4-13-32(14-5-1)33-23-27-35(28-24-33)42-31-43(51-49(50-42)38-17-8-3-9-18-38)36-29-25-34(26-30-36)39-20-12-21-41-47(39)52-46(37-15-6-2-7-16-37)45-40-19-10-11-22-44(40)53-48(41)45/h1-31H. The minimum atomic E-state index is 0.702. The number of fused-ring (bicyclic) bond motifs is 5. The number of para-hydroxylation sites is 1. The van der Waals surface area contributed by atoms with Gasteiger partial charge in [-0.15, -0.1) is 11.3 Å². The van der Waals surface area contributed by atoms with Gasteiger partial charge in [-0.2, -0.15) is 0 Å². The SMILES string of the molecule is c1ccc(-c2ccc(-c3cc(-c4ccc(-c5cccc6c5nc(-c5ccccc5)c5c7ccccc7sc65)cc4)nc(-c4ccccc4)n3)cc2)cc1. The van der Waals surface area contributed by atoms with Gasteiger partial charge in [-0.1, -0.05) is 176 Å². The molecule has 53 heavy (non-hydrogen) atoms. The summed E-state index contributed by atoms with van der Waals surface area (Å²) in [4.78, 5) is 15.6. The lowest BCUT2D eigenvalue weighted by Crippen LogP contribution is -1.96. The maximum atomic E-state index is 5.45. The Hall–Kier alpha value is -6.75. The normalized spacial score (nSPS) is 11.4. The maximum Gasteiger partial charge on any atom is 0.160 e. The van der Waals surface area contributed by atoms with Gasteiger partial charge < -0.3 is 0 Å². The number of benzene rings is 7. The fraction of sp³-hybridized carbons (Fsp3) is 0. The van der Waals surface area contributed by atoms with E-state index < -0.39 is 0 Å². The van der Waals surface area contributed by atoms with Crippen molar-refractivity contribution in [1.82, 2.24) is 15.0 Å². The van der Waals surface area contributed by atoms with Crippen LogP contribution in [0.3, 0.4) is 0 Å². The van der Waals surface area contributed by atoms with Gasteiger partial charge in [-0.3, -0.25) is 0 Å². The molecule has 0 saturated carbocycles. The molecule has 10 aromatic rings. The molecule has 3 nitrogen and oxygen atoms in total. The Morgan fingerprint density at radius 1 is 0.358 bits per heavy atom. The quantitative estimate of drug-likeness (QED) is 0.174. The monoisotopic (exact) mass is 693 g/mol. The Morgan fingerprint density at radius 3 is 1.53 bits per heavy atom. The van der Waals surface area contributed by atoms with E-state index in [1.807, 2.05) is 35.6 Å². The van der Waals surface area contributed by atoms with Crippen LogP contribution < -0.4 is 0 Å². The number of hydrogen-bond acceptors (Lipinski definition) is 4. The van der Waals surface area contributed by atoms with Crippen molar-refractivity contribution in [2.45, 2.75) is 0 Å². The molecular weight excluding hydrogens is 663 g/mol. The minimum absolute atomic E-state index is 0.702. The highest BCUT2D eigenvalue weighted by Gasteiger charge is 2.18. The highest BCUT2D eigenvalue weighted by atomic mass is 32.1. The first-order chi connectivity index (χ1) is 26.3. The smallest absolute Gasteiger partial charge is 0.160 e. The van der Waals surface area contributed by atoms with E-state index >= 15 is 0 Å². The molecular formula is C49H31N3S. The van der Waals surface area contributed by atoms with Gasteiger partial charge in [-0.25, -0.2) is 15.0 Å². The number of thiophene rings is 1. The number of pyridine rings is 1. The van der Waals surface area contributed by atoms with Crippen LogP contribution in [0.15, 0.2) is 188 Å². The van der Waals surface area contributed by atoms with Gasteiger partial charge in [0.05, 0.1) is 22.6 Å². The third kappa shape index (κ3) is 5.66. The summed E-state index contributed by atoms with van der Waals surface area (Å²) in [7, 11) is 0. The van der Waals surface area contributed by atoms with Crippen molar-refractivity contribution in [3.63, 3.8) is 0 Å². The predicted molar refractivity (Wildman–Crippen MR) is 223 cm³/mol. The number of hydrogen-bond donors (Lipinski definition) is 0. The lowest BCUT2D eigenvalue weighted by molar-refractivity contribution is 1.18. The van der Waals surface area contributed by atoms with Gasteiger partial charge in [0.15, 0.2) is 5.82 Å². The summed E-state index contributed by atoms with van der Waals surface area (Å²) in [5.41, 5.74) is 12.6. The van der Waals surface area contributed by atoms with E-state index in [4.69, 9.17) is 15.0 Å². The van der Waals surface area contributed by atoms with Gasteiger partial charge in [0.1, 0.15) is 0 Å². The molecule has 0 unspecified atom stereocenters. The molecule has 0 saturated heterocycles. The molecule has 0 radical (unpaired) electrons. The fourth-order valence-corrected chi connectivity index (χ4v) is 8.50. The van der Waals surface area contributed by atoms with Crippen LogP contribution in [0.5, 0.6) is 0 Å². The van der Waals surface area contributed by atoms with Crippen molar-refractivity contribution in [2.75, 3.05) is 0 Å². The molecule has 0 spiro atoms. The molecule has 0 N–H and O–H groups in total. The summed E-state index contributed by atoms with van der Waals surface area (Å²) < 4.78 is 2.54. The predicted octanol–water partition coefficient (Wildman–Crippen LogP) is 13.4. The Kier molecular flexibility index (Phi) is 7.67. The Bertz CT molecular complexity index is 2900. The van der Waals surface area contributed by atoms with Crippen LogP contribution in [0.25, 0.3) is 98.5 Å². The molecule has 3 aromatic heterocycles. The molecule has 248 valence electrons. The largest absolute Gasteiger partial charge is 0.246 e. The van der Waals surface area contributed by atoms with Crippen molar-refractivity contribution in [3.8, 4) is 67.4 Å². The van der Waals surface area contributed by atoms with Crippen LogP contribution in [0, 0.1) is 0 Å². The van der Waals surface area contributed by atoms with Crippen LogP contribution in [0.4, 0.5) is 0 Å². The van der Waals surface area contributed by atoms with Gasteiger partial charge in [0.2, 0.25) is 0 Å². The lowest BCUT2D eigenvalue weighted by Gasteiger charge is -2.12. The van der Waals surface area contributed by atoms with E-state index in [-0.39, 0.29) is 0 Å². The van der Waals surface area contributed by atoms with Crippen LogP contribution >= 0.6 is 11.3 Å². The molecule has 10 rings (SSSR count). The first-order valence-electron chi connectivity index (χ1n) is 17.8. The Labute approximate surface area is 311 Å². The molecule has 0 aliphatic carbocycles. The molecule has 0 aliphatic rings. The van der Waals surface area contributed by atoms with Gasteiger partial charge in [0.25, 0.3) is 0 Å². The van der Waals surface area contributed by atoms with E-state index in [9.17, 15) is 0 Å². The molecule has 0 aliphatic heterocycles. The molecule has 4 heteroatoms. The van der Waals surface area contributed by atoms with E-state index in [0.717, 1.165) is 56.0 Å². The van der Waals surface area contributed by atoms with E-state index in [2.05, 4.69) is 164 Å². The van der Waals surface area contributed by atoms with E-state index in [0.29, 0.717) is 5.82 Å². The average Bonchev–Trinajstić information content (AvgIpc) is 3.64. The first-order valence-corrected chi connectivity index (χ1v) is 18.6.